The average Bonchev–Trinajstić information content (AvgIpc) is 2.76. The molecule has 0 heterocycles. The van der Waals surface area contributed by atoms with Crippen molar-refractivity contribution in [2.75, 3.05) is 0 Å². The number of benzene rings is 3. The molecule has 3 aromatic rings. The Morgan fingerprint density at radius 3 is 2.17 bits per heavy atom. The van der Waals surface area contributed by atoms with Crippen LogP contribution in [0.3, 0.4) is 0 Å². The highest BCUT2D eigenvalue weighted by atomic mass is 35.5. The number of hydrogen-bond donors (Lipinski definition) is 2. The number of carbonyl (C=O) groups excluding carboxylic acids is 2. The maximum atomic E-state index is 12.6. The van der Waals surface area contributed by atoms with E-state index in [4.69, 9.17) is 11.6 Å². The van der Waals surface area contributed by atoms with Crippen molar-refractivity contribution in [3.8, 4) is 0 Å². The van der Waals surface area contributed by atoms with Gasteiger partial charge in [-0.05, 0) is 35.4 Å². The smallest absolute Gasteiger partial charge is 0.251 e. The first kappa shape index (κ1) is 20.3. The Morgan fingerprint density at radius 1 is 0.897 bits per heavy atom. The van der Waals surface area contributed by atoms with Crippen molar-refractivity contribution in [1.82, 2.24) is 10.7 Å². The first-order valence-electron chi connectivity index (χ1n) is 9.10. The van der Waals surface area contributed by atoms with Crippen LogP contribution in [0.1, 0.15) is 33.9 Å². The third kappa shape index (κ3) is 6.30. The van der Waals surface area contributed by atoms with Crippen LogP contribution in [-0.2, 0) is 4.79 Å². The highest BCUT2D eigenvalue weighted by Crippen LogP contribution is 2.17. The lowest BCUT2D eigenvalue weighted by molar-refractivity contribution is -0.121. The van der Waals surface area contributed by atoms with Gasteiger partial charge in [0.05, 0.1) is 18.7 Å². The maximum absolute atomic E-state index is 12.6. The largest absolute Gasteiger partial charge is 0.345 e. The molecule has 0 unspecified atom stereocenters. The molecule has 2 N–H and O–H groups in total. The molecule has 0 radical (unpaired) electrons. The monoisotopic (exact) mass is 405 g/mol. The van der Waals surface area contributed by atoms with Crippen LogP contribution < -0.4 is 10.7 Å². The van der Waals surface area contributed by atoms with Crippen molar-refractivity contribution in [3.05, 3.63) is 107 Å². The molecule has 0 aromatic heterocycles. The van der Waals surface area contributed by atoms with Gasteiger partial charge in [-0.2, -0.15) is 5.10 Å². The zero-order valence-electron chi connectivity index (χ0n) is 15.6. The van der Waals surface area contributed by atoms with Crippen molar-refractivity contribution in [2.24, 2.45) is 5.10 Å². The van der Waals surface area contributed by atoms with E-state index in [2.05, 4.69) is 15.8 Å². The summed E-state index contributed by atoms with van der Waals surface area (Å²) in [6.07, 6.45) is 1.59. The summed E-state index contributed by atoms with van der Waals surface area (Å²) in [6.45, 7) is 0. The fourth-order valence-electron chi connectivity index (χ4n) is 2.73. The van der Waals surface area contributed by atoms with E-state index in [1.165, 1.54) is 6.21 Å². The number of nitrogens with zero attached hydrogens (tertiary/aromatic N) is 1. The van der Waals surface area contributed by atoms with Crippen molar-refractivity contribution < 1.29 is 9.59 Å². The first-order valence-corrected chi connectivity index (χ1v) is 9.48. The predicted molar refractivity (Wildman–Crippen MR) is 115 cm³/mol. The molecule has 3 aromatic carbocycles. The second kappa shape index (κ2) is 10.2. The van der Waals surface area contributed by atoms with Crippen LogP contribution in [0, 0.1) is 0 Å². The van der Waals surface area contributed by atoms with E-state index < -0.39 is 6.04 Å². The van der Waals surface area contributed by atoms with Gasteiger partial charge in [0, 0.05) is 10.6 Å². The Hall–Kier alpha value is -3.44. The molecule has 0 aliphatic rings. The van der Waals surface area contributed by atoms with Gasteiger partial charge in [0.15, 0.2) is 0 Å². The number of hydrogen-bond acceptors (Lipinski definition) is 3. The van der Waals surface area contributed by atoms with E-state index in [0.717, 1.165) is 11.1 Å². The molecule has 0 aliphatic carbocycles. The number of amides is 2. The van der Waals surface area contributed by atoms with Gasteiger partial charge in [-0.25, -0.2) is 5.43 Å². The van der Waals surface area contributed by atoms with Gasteiger partial charge in [0.25, 0.3) is 5.91 Å². The van der Waals surface area contributed by atoms with E-state index in [-0.39, 0.29) is 18.2 Å². The predicted octanol–water partition coefficient (Wildman–Crippen LogP) is 4.35. The van der Waals surface area contributed by atoms with E-state index in [0.29, 0.717) is 10.6 Å². The lowest BCUT2D eigenvalue weighted by Gasteiger charge is -2.18. The van der Waals surface area contributed by atoms with Crippen LogP contribution in [0.15, 0.2) is 90.0 Å². The SMILES string of the molecule is O=C(C[C@H](NC(=O)c1ccccc1)c1ccccc1)N/N=C\c1ccc(Cl)cc1. The Balaban J connectivity index is 1.65. The normalized spacial score (nSPS) is 11.8. The molecule has 0 saturated heterocycles. The summed E-state index contributed by atoms with van der Waals surface area (Å²) in [5.41, 5.74) is 4.69. The maximum Gasteiger partial charge on any atom is 0.251 e. The van der Waals surface area contributed by atoms with Gasteiger partial charge >= 0.3 is 0 Å². The third-order valence-electron chi connectivity index (χ3n) is 4.21. The van der Waals surface area contributed by atoms with Gasteiger partial charge in [0.1, 0.15) is 0 Å². The fraction of sp³-hybridized carbons (Fsp3) is 0.0870. The van der Waals surface area contributed by atoms with Crippen molar-refractivity contribution in [2.45, 2.75) is 12.5 Å². The zero-order valence-corrected chi connectivity index (χ0v) is 16.3. The standard InChI is InChI=1S/C23H20ClN3O2/c24-20-13-11-17(12-14-20)16-25-27-22(28)15-21(18-7-3-1-4-8-18)26-23(29)19-9-5-2-6-10-19/h1-14,16,21H,15H2,(H,26,29)(H,27,28)/b25-16-/t21-/m0/s1. The van der Waals surface area contributed by atoms with Gasteiger partial charge in [-0.3, -0.25) is 9.59 Å². The first-order chi connectivity index (χ1) is 14.1. The number of nitrogens with one attached hydrogen (secondary N) is 2. The molecule has 6 heteroatoms. The van der Waals surface area contributed by atoms with Crippen LogP contribution in [-0.4, -0.2) is 18.0 Å². The molecule has 2 amide bonds. The van der Waals surface area contributed by atoms with Crippen molar-refractivity contribution >= 4 is 29.6 Å². The van der Waals surface area contributed by atoms with Crippen LogP contribution in [0.5, 0.6) is 0 Å². The van der Waals surface area contributed by atoms with Gasteiger partial charge < -0.3 is 5.32 Å². The van der Waals surface area contributed by atoms with E-state index >= 15 is 0 Å². The van der Waals surface area contributed by atoms with Crippen LogP contribution in [0.4, 0.5) is 0 Å². The van der Waals surface area contributed by atoms with Gasteiger partial charge in [-0.15, -0.1) is 0 Å². The summed E-state index contributed by atoms with van der Waals surface area (Å²) < 4.78 is 0. The Labute approximate surface area is 174 Å². The van der Waals surface area contributed by atoms with Crippen molar-refractivity contribution in [3.63, 3.8) is 0 Å². The molecule has 0 aliphatic heterocycles. The molecular formula is C23H20ClN3O2. The number of carbonyl (C=O) groups is 2. The molecule has 0 fully saturated rings. The fourth-order valence-corrected chi connectivity index (χ4v) is 2.85. The summed E-state index contributed by atoms with van der Waals surface area (Å²) in [7, 11) is 0. The second-order valence-corrected chi connectivity index (χ2v) is 6.79. The molecular weight excluding hydrogens is 386 g/mol. The molecule has 146 valence electrons. The molecule has 0 spiro atoms. The van der Waals surface area contributed by atoms with Crippen molar-refractivity contribution in [1.29, 1.82) is 0 Å². The number of rotatable bonds is 7. The third-order valence-corrected chi connectivity index (χ3v) is 4.46. The van der Waals surface area contributed by atoms with Crippen LogP contribution in [0.2, 0.25) is 5.02 Å². The number of halogens is 1. The Kier molecular flexibility index (Phi) is 7.14. The van der Waals surface area contributed by atoms with Gasteiger partial charge in [0.2, 0.25) is 5.91 Å². The van der Waals surface area contributed by atoms with Crippen LogP contribution in [0.25, 0.3) is 0 Å². The van der Waals surface area contributed by atoms with Crippen LogP contribution >= 0.6 is 11.6 Å². The summed E-state index contributed by atoms with van der Waals surface area (Å²) in [6, 6.07) is 24.9. The molecule has 3 rings (SSSR count). The molecule has 0 bridgehead atoms. The van der Waals surface area contributed by atoms with E-state index in [1.54, 1.807) is 48.5 Å². The minimum absolute atomic E-state index is 0.0561. The summed E-state index contributed by atoms with van der Waals surface area (Å²) >= 11 is 5.85. The highest BCUT2D eigenvalue weighted by molar-refractivity contribution is 6.30. The topological polar surface area (TPSA) is 70.6 Å². The summed E-state index contributed by atoms with van der Waals surface area (Å²) in [5, 5.41) is 7.53. The summed E-state index contributed by atoms with van der Waals surface area (Å²) in [4.78, 5) is 24.9. The zero-order chi connectivity index (χ0) is 20.5. The molecule has 29 heavy (non-hydrogen) atoms. The quantitative estimate of drug-likeness (QED) is 0.453. The summed E-state index contributed by atoms with van der Waals surface area (Å²) in [5.74, 6) is -0.547. The molecule has 5 nitrogen and oxygen atoms in total. The minimum atomic E-state index is -0.477. The average molecular weight is 406 g/mol. The lowest BCUT2D eigenvalue weighted by atomic mass is 10.0. The van der Waals surface area contributed by atoms with Gasteiger partial charge in [-0.1, -0.05) is 72.3 Å². The number of hydrazone groups is 1. The molecule has 0 saturated carbocycles. The molecule has 1 atom stereocenters. The second-order valence-electron chi connectivity index (χ2n) is 6.35. The Morgan fingerprint density at radius 2 is 1.52 bits per heavy atom. The van der Waals surface area contributed by atoms with E-state index in [1.807, 2.05) is 36.4 Å². The lowest BCUT2D eigenvalue weighted by Crippen LogP contribution is -2.32. The highest BCUT2D eigenvalue weighted by Gasteiger charge is 2.19. The Bertz CT molecular complexity index is 974. The minimum Gasteiger partial charge on any atom is -0.345 e. The van der Waals surface area contributed by atoms with E-state index in [9.17, 15) is 9.59 Å².